The van der Waals surface area contributed by atoms with E-state index in [-0.39, 0.29) is 5.02 Å². The summed E-state index contributed by atoms with van der Waals surface area (Å²) in [6, 6.07) is 4.50. The Hall–Kier alpha value is -1.55. The third-order valence-electron chi connectivity index (χ3n) is 2.92. The number of rotatable bonds is 4. The Morgan fingerprint density at radius 3 is 2.79 bits per heavy atom. The molecular weight excluding hydrogens is 265 g/mol. The van der Waals surface area contributed by atoms with Crippen molar-refractivity contribution in [3.8, 4) is 11.3 Å². The van der Waals surface area contributed by atoms with Crippen molar-refractivity contribution in [2.75, 3.05) is 5.73 Å². The van der Waals surface area contributed by atoms with Crippen molar-refractivity contribution in [2.45, 2.75) is 26.8 Å². The third kappa shape index (κ3) is 3.26. The van der Waals surface area contributed by atoms with Gasteiger partial charge in [0.25, 0.3) is 0 Å². The molecule has 0 unspecified atom stereocenters. The second-order valence-electron chi connectivity index (χ2n) is 5.01. The van der Waals surface area contributed by atoms with Crippen molar-refractivity contribution in [1.29, 1.82) is 0 Å². The van der Waals surface area contributed by atoms with Gasteiger partial charge in [0.2, 0.25) is 0 Å². The minimum absolute atomic E-state index is 0.0774. The number of hydrogen-bond acceptors (Lipinski definition) is 2. The van der Waals surface area contributed by atoms with E-state index in [2.05, 4.69) is 18.9 Å². The minimum Gasteiger partial charge on any atom is -0.396 e. The zero-order valence-corrected chi connectivity index (χ0v) is 11.8. The Kier molecular flexibility index (Phi) is 4.10. The molecule has 1 heterocycles. The number of aromatic nitrogens is 2. The molecule has 1 aromatic heterocycles. The molecule has 0 radical (unpaired) electrons. The summed E-state index contributed by atoms with van der Waals surface area (Å²) in [5, 5.41) is 4.51. The van der Waals surface area contributed by atoms with Gasteiger partial charge in [0, 0.05) is 18.3 Å². The van der Waals surface area contributed by atoms with Crippen LogP contribution in [0, 0.1) is 11.7 Å². The summed E-state index contributed by atoms with van der Waals surface area (Å²) >= 11 is 5.78. The summed E-state index contributed by atoms with van der Waals surface area (Å²) in [4.78, 5) is 0. The van der Waals surface area contributed by atoms with Crippen LogP contribution in [0.25, 0.3) is 11.3 Å². The molecular formula is C14H17ClFN3. The lowest BCUT2D eigenvalue weighted by Gasteiger charge is -2.04. The van der Waals surface area contributed by atoms with E-state index in [1.165, 1.54) is 6.07 Å². The number of anilines is 1. The van der Waals surface area contributed by atoms with Gasteiger partial charge in [-0.05, 0) is 30.5 Å². The van der Waals surface area contributed by atoms with Gasteiger partial charge in [-0.3, -0.25) is 4.68 Å². The Balaban J connectivity index is 2.27. The van der Waals surface area contributed by atoms with Gasteiger partial charge in [-0.1, -0.05) is 25.4 Å². The van der Waals surface area contributed by atoms with E-state index in [1.54, 1.807) is 18.3 Å². The van der Waals surface area contributed by atoms with E-state index in [1.807, 2.05) is 4.68 Å². The van der Waals surface area contributed by atoms with Crippen LogP contribution in [0.2, 0.25) is 5.02 Å². The lowest BCUT2D eigenvalue weighted by atomic mass is 10.1. The van der Waals surface area contributed by atoms with Gasteiger partial charge in [-0.15, -0.1) is 0 Å². The predicted molar refractivity (Wildman–Crippen MR) is 76.5 cm³/mol. The molecule has 0 saturated heterocycles. The average Bonchev–Trinajstić information content (AvgIpc) is 2.72. The number of benzene rings is 1. The molecule has 0 aliphatic heterocycles. The summed E-state index contributed by atoms with van der Waals surface area (Å²) in [6.45, 7) is 5.14. The fraction of sp³-hybridized carbons (Fsp3) is 0.357. The Morgan fingerprint density at radius 2 is 2.16 bits per heavy atom. The van der Waals surface area contributed by atoms with Crippen LogP contribution in [0.4, 0.5) is 10.1 Å². The van der Waals surface area contributed by atoms with E-state index in [9.17, 15) is 4.39 Å². The molecule has 0 atom stereocenters. The van der Waals surface area contributed by atoms with Crippen molar-refractivity contribution in [1.82, 2.24) is 9.78 Å². The topological polar surface area (TPSA) is 43.8 Å². The van der Waals surface area contributed by atoms with Crippen LogP contribution >= 0.6 is 11.6 Å². The van der Waals surface area contributed by atoms with Crippen molar-refractivity contribution in [3.63, 3.8) is 0 Å². The molecule has 2 rings (SSSR count). The quantitative estimate of drug-likeness (QED) is 0.921. The van der Waals surface area contributed by atoms with Gasteiger partial charge in [0.05, 0.1) is 10.7 Å². The first-order valence-corrected chi connectivity index (χ1v) is 6.63. The van der Waals surface area contributed by atoms with Crippen molar-refractivity contribution < 1.29 is 4.39 Å². The zero-order valence-electron chi connectivity index (χ0n) is 11.0. The summed E-state index contributed by atoms with van der Waals surface area (Å²) in [5.74, 6) is 0.164. The van der Waals surface area contributed by atoms with Gasteiger partial charge in [-0.2, -0.15) is 5.10 Å². The number of aryl methyl sites for hydroxylation is 1. The van der Waals surface area contributed by atoms with Crippen LogP contribution in [0.5, 0.6) is 0 Å². The van der Waals surface area contributed by atoms with Crippen molar-refractivity contribution in [2.24, 2.45) is 5.92 Å². The number of nitrogens with two attached hydrogens (primary N) is 1. The van der Waals surface area contributed by atoms with Crippen LogP contribution in [-0.2, 0) is 6.54 Å². The fourth-order valence-electron chi connectivity index (χ4n) is 1.81. The lowest BCUT2D eigenvalue weighted by Crippen LogP contribution is -2.02. The van der Waals surface area contributed by atoms with Gasteiger partial charge in [0.1, 0.15) is 11.5 Å². The molecule has 0 bridgehead atoms. The van der Waals surface area contributed by atoms with Gasteiger partial charge < -0.3 is 5.73 Å². The van der Waals surface area contributed by atoms with Crippen molar-refractivity contribution >= 4 is 17.3 Å². The second-order valence-corrected chi connectivity index (χ2v) is 5.41. The third-order valence-corrected chi connectivity index (χ3v) is 3.21. The molecule has 0 spiro atoms. The first-order chi connectivity index (χ1) is 8.97. The smallest absolute Gasteiger partial charge is 0.141 e. The summed E-state index contributed by atoms with van der Waals surface area (Å²) in [7, 11) is 0. The summed E-state index contributed by atoms with van der Waals surface area (Å²) < 4.78 is 15.0. The highest BCUT2D eigenvalue weighted by Crippen LogP contribution is 2.27. The highest BCUT2D eigenvalue weighted by atomic mass is 35.5. The molecule has 0 amide bonds. The molecule has 0 aliphatic carbocycles. The predicted octanol–water partition coefficient (Wildman–Crippen LogP) is 3.97. The largest absolute Gasteiger partial charge is 0.396 e. The summed E-state index contributed by atoms with van der Waals surface area (Å²) in [6.07, 6.45) is 2.83. The zero-order chi connectivity index (χ0) is 14.0. The monoisotopic (exact) mass is 281 g/mol. The molecule has 1 aromatic carbocycles. The SMILES string of the molecule is CC(C)CCn1cc(N)c(-c2ccc(F)c(Cl)c2)n1. The van der Waals surface area contributed by atoms with Gasteiger partial charge >= 0.3 is 0 Å². The molecule has 3 nitrogen and oxygen atoms in total. The second kappa shape index (κ2) is 5.61. The average molecular weight is 282 g/mol. The van der Waals surface area contributed by atoms with E-state index >= 15 is 0 Å². The number of nitrogens with zero attached hydrogens (tertiary/aromatic N) is 2. The maximum Gasteiger partial charge on any atom is 0.141 e. The van der Waals surface area contributed by atoms with Gasteiger partial charge in [0.15, 0.2) is 0 Å². The summed E-state index contributed by atoms with van der Waals surface area (Å²) in [5.41, 5.74) is 7.90. The van der Waals surface area contributed by atoms with Crippen LogP contribution in [0.3, 0.4) is 0 Å². The Labute approximate surface area is 117 Å². The minimum atomic E-state index is -0.441. The Bertz CT molecular complexity index is 578. The standard InChI is InChI=1S/C14H17ClFN3/c1-9(2)5-6-19-8-13(17)14(18-19)10-3-4-12(16)11(15)7-10/h3-4,7-9H,5-6,17H2,1-2H3. The normalized spacial score (nSPS) is 11.2. The Morgan fingerprint density at radius 1 is 1.42 bits per heavy atom. The molecule has 2 aromatic rings. The molecule has 5 heteroatoms. The van der Waals surface area contributed by atoms with Crippen LogP contribution in [0.1, 0.15) is 20.3 Å². The van der Waals surface area contributed by atoms with E-state index < -0.39 is 5.82 Å². The lowest BCUT2D eigenvalue weighted by molar-refractivity contribution is 0.488. The first kappa shape index (κ1) is 13.9. The molecule has 0 fully saturated rings. The van der Waals surface area contributed by atoms with Gasteiger partial charge in [-0.25, -0.2) is 4.39 Å². The van der Waals surface area contributed by atoms with E-state index in [0.29, 0.717) is 17.3 Å². The van der Waals surface area contributed by atoms with E-state index in [0.717, 1.165) is 18.5 Å². The molecule has 0 saturated carbocycles. The van der Waals surface area contributed by atoms with Crippen LogP contribution < -0.4 is 5.73 Å². The number of halogens is 2. The molecule has 2 N–H and O–H groups in total. The molecule has 19 heavy (non-hydrogen) atoms. The number of hydrogen-bond donors (Lipinski definition) is 1. The maximum absolute atomic E-state index is 13.1. The maximum atomic E-state index is 13.1. The van der Waals surface area contributed by atoms with Crippen molar-refractivity contribution in [3.05, 3.63) is 35.2 Å². The van der Waals surface area contributed by atoms with Crippen LogP contribution in [0.15, 0.2) is 24.4 Å². The molecule has 0 aliphatic rings. The number of nitrogen functional groups attached to an aromatic ring is 1. The van der Waals surface area contributed by atoms with E-state index in [4.69, 9.17) is 17.3 Å². The fourth-order valence-corrected chi connectivity index (χ4v) is 1.99. The van der Waals surface area contributed by atoms with Crippen LogP contribution in [-0.4, -0.2) is 9.78 Å². The molecule has 102 valence electrons. The highest BCUT2D eigenvalue weighted by molar-refractivity contribution is 6.31. The highest BCUT2D eigenvalue weighted by Gasteiger charge is 2.11. The first-order valence-electron chi connectivity index (χ1n) is 6.25.